The number of hydrogen-bond donors (Lipinski definition) is 1. The smallest absolute Gasteiger partial charge is 0.242 e. The maximum absolute atomic E-state index is 11.9. The first-order valence-corrected chi connectivity index (χ1v) is 7.62. The summed E-state index contributed by atoms with van der Waals surface area (Å²) in [6.45, 7) is 0. The third-order valence-electron chi connectivity index (χ3n) is 1.90. The summed E-state index contributed by atoms with van der Waals surface area (Å²) in [4.78, 5) is 11.9. The van der Waals surface area contributed by atoms with Crippen molar-refractivity contribution in [2.45, 2.75) is 2.57 Å². The highest BCUT2D eigenvalue weighted by atomic mass is 79.9. The molecule has 16 heavy (non-hydrogen) atoms. The van der Waals surface area contributed by atoms with Crippen LogP contribution in [0.4, 0.5) is 5.69 Å². The van der Waals surface area contributed by atoms with Gasteiger partial charge in [-0.3, -0.25) is 4.79 Å². The molecule has 0 saturated carbocycles. The quantitative estimate of drug-likeness (QED) is 0.501. The zero-order valence-electron chi connectivity index (χ0n) is 8.28. The molecule has 1 aromatic rings. The van der Waals surface area contributed by atoms with Crippen LogP contribution in [-0.2, 0) is 9.84 Å². The minimum atomic E-state index is -3.61. The van der Waals surface area contributed by atoms with Gasteiger partial charge in [-0.1, -0.05) is 0 Å². The fourth-order valence-corrected chi connectivity index (χ4v) is 1.88. The van der Waals surface area contributed by atoms with E-state index in [2.05, 4.69) is 31.9 Å². The molecule has 0 saturated heterocycles. The number of halogens is 2. The molecule has 0 aliphatic carbocycles. The second-order valence-electron chi connectivity index (χ2n) is 3.24. The Morgan fingerprint density at radius 3 is 2.06 bits per heavy atom. The van der Waals surface area contributed by atoms with Gasteiger partial charge in [-0.25, -0.2) is 8.42 Å². The van der Waals surface area contributed by atoms with Gasteiger partial charge in [-0.15, -0.1) is 0 Å². The second-order valence-corrected chi connectivity index (χ2v) is 9.89. The van der Waals surface area contributed by atoms with Crippen molar-refractivity contribution in [3.05, 3.63) is 29.8 Å². The van der Waals surface area contributed by atoms with Gasteiger partial charge in [0.15, 0.2) is 9.84 Å². The average Bonchev–Trinajstić information content (AvgIpc) is 2.16. The standard InChI is InChI=1S/C9H9Br2NO3S/c1-16(14,15)9(10,11)8(13)6-2-4-7(12)5-3-6/h2-5H,12H2,1H3. The number of carbonyl (C=O) groups excluding carboxylic acids is 1. The highest BCUT2D eigenvalue weighted by molar-refractivity contribution is 9.28. The lowest BCUT2D eigenvalue weighted by Crippen LogP contribution is -2.33. The van der Waals surface area contributed by atoms with Crippen molar-refractivity contribution in [2.75, 3.05) is 12.0 Å². The molecule has 0 atom stereocenters. The van der Waals surface area contributed by atoms with Crippen molar-refractivity contribution in [1.29, 1.82) is 0 Å². The van der Waals surface area contributed by atoms with E-state index in [0.29, 0.717) is 5.69 Å². The Hall–Kier alpha value is -0.400. The largest absolute Gasteiger partial charge is 0.399 e. The number of nitrogens with two attached hydrogens (primary N) is 1. The van der Waals surface area contributed by atoms with Gasteiger partial charge < -0.3 is 5.73 Å². The monoisotopic (exact) mass is 369 g/mol. The molecule has 0 heterocycles. The minimum absolute atomic E-state index is 0.258. The minimum Gasteiger partial charge on any atom is -0.399 e. The summed E-state index contributed by atoms with van der Waals surface area (Å²) in [5.41, 5.74) is 6.23. The third-order valence-corrected chi connectivity index (χ3v) is 7.27. The molecule has 0 aliphatic rings. The fraction of sp³-hybridized carbons (Fsp3) is 0.222. The van der Waals surface area contributed by atoms with Gasteiger partial charge in [0.25, 0.3) is 0 Å². The Bertz CT molecular complexity index is 508. The van der Waals surface area contributed by atoms with Gasteiger partial charge >= 0.3 is 0 Å². The lowest BCUT2D eigenvalue weighted by molar-refractivity contribution is 0.100. The second kappa shape index (κ2) is 4.46. The molecule has 0 aliphatic heterocycles. The Labute approximate surface area is 110 Å². The van der Waals surface area contributed by atoms with E-state index in [4.69, 9.17) is 5.73 Å². The number of rotatable bonds is 3. The molecule has 0 bridgehead atoms. The summed E-state index contributed by atoms with van der Waals surface area (Å²) in [7, 11) is -3.61. The molecule has 88 valence electrons. The van der Waals surface area contributed by atoms with Crippen molar-refractivity contribution in [2.24, 2.45) is 0 Å². The highest BCUT2D eigenvalue weighted by Crippen LogP contribution is 2.35. The van der Waals surface area contributed by atoms with Gasteiger partial charge in [0, 0.05) is 17.5 Å². The number of sulfone groups is 1. The summed E-state index contributed by atoms with van der Waals surface area (Å²) in [5, 5.41) is 0. The van der Waals surface area contributed by atoms with E-state index in [1.807, 2.05) is 0 Å². The molecule has 0 amide bonds. The lowest BCUT2D eigenvalue weighted by Gasteiger charge is -2.16. The molecular formula is C9H9Br2NO3S. The molecule has 7 heteroatoms. The van der Waals surface area contributed by atoms with Crippen molar-refractivity contribution in [3.63, 3.8) is 0 Å². The van der Waals surface area contributed by atoms with Crippen molar-refractivity contribution >= 4 is 53.2 Å². The van der Waals surface area contributed by atoms with Gasteiger partial charge in [-0.05, 0) is 56.1 Å². The van der Waals surface area contributed by atoms with Crippen LogP contribution in [0.1, 0.15) is 10.4 Å². The topological polar surface area (TPSA) is 77.2 Å². The first-order chi connectivity index (χ1) is 7.16. The maximum Gasteiger partial charge on any atom is 0.242 e. The Balaban J connectivity index is 3.18. The lowest BCUT2D eigenvalue weighted by atomic mass is 10.1. The van der Waals surface area contributed by atoms with E-state index >= 15 is 0 Å². The van der Waals surface area contributed by atoms with E-state index in [1.165, 1.54) is 24.3 Å². The number of alkyl halides is 2. The van der Waals surface area contributed by atoms with Crippen LogP contribution < -0.4 is 5.73 Å². The zero-order valence-corrected chi connectivity index (χ0v) is 12.3. The van der Waals surface area contributed by atoms with E-state index in [0.717, 1.165) is 6.26 Å². The van der Waals surface area contributed by atoms with Crippen molar-refractivity contribution in [1.82, 2.24) is 0 Å². The Kier molecular flexibility index (Phi) is 3.81. The van der Waals surface area contributed by atoms with Crippen LogP contribution in [0.3, 0.4) is 0 Å². The number of ketones is 1. The zero-order chi connectivity index (χ0) is 12.6. The predicted octanol–water partition coefficient (Wildman–Crippen LogP) is 1.94. The molecule has 0 spiro atoms. The van der Waals surface area contributed by atoms with Crippen LogP contribution in [0.5, 0.6) is 0 Å². The molecular weight excluding hydrogens is 362 g/mol. The van der Waals surface area contributed by atoms with Crippen LogP contribution in [0.25, 0.3) is 0 Å². The average molecular weight is 371 g/mol. The number of nitrogen functional groups attached to an aromatic ring is 1. The SMILES string of the molecule is CS(=O)(=O)C(Br)(Br)C(=O)c1ccc(N)cc1. The number of Topliss-reactive ketones (excluding diaryl/α,β-unsaturated/α-hetero) is 1. The number of anilines is 1. The third kappa shape index (κ3) is 2.64. The molecule has 4 nitrogen and oxygen atoms in total. The summed E-state index contributed by atoms with van der Waals surface area (Å²) >= 11 is 5.74. The molecule has 0 fully saturated rings. The predicted molar refractivity (Wildman–Crippen MR) is 70.6 cm³/mol. The summed E-state index contributed by atoms with van der Waals surface area (Å²) < 4.78 is 21.0. The van der Waals surface area contributed by atoms with Crippen LogP contribution >= 0.6 is 31.9 Å². The van der Waals surface area contributed by atoms with Gasteiger partial charge in [0.1, 0.15) is 0 Å². The molecule has 0 aromatic heterocycles. The Morgan fingerprint density at radius 1 is 1.25 bits per heavy atom. The fourth-order valence-electron chi connectivity index (χ4n) is 0.971. The summed E-state index contributed by atoms with van der Waals surface area (Å²) in [5.74, 6) is -0.588. The van der Waals surface area contributed by atoms with Crippen LogP contribution in [0.15, 0.2) is 24.3 Å². The number of carbonyl (C=O) groups is 1. The van der Waals surface area contributed by atoms with E-state index < -0.39 is 18.2 Å². The summed E-state index contributed by atoms with van der Waals surface area (Å²) in [6, 6.07) is 6.01. The van der Waals surface area contributed by atoms with Gasteiger partial charge in [0.2, 0.25) is 8.35 Å². The first kappa shape index (κ1) is 13.7. The molecule has 0 radical (unpaired) electrons. The normalized spacial score (nSPS) is 12.4. The maximum atomic E-state index is 11.9. The first-order valence-electron chi connectivity index (χ1n) is 4.14. The van der Waals surface area contributed by atoms with E-state index in [1.54, 1.807) is 0 Å². The van der Waals surface area contributed by atoms with Crippen molar-refractivity contribution < 1.29 is 13.2 Å². The van der Waals surface area contributed by atoms with Crippen molar-refractivity contribution in [3.8, 4) is 0 Å². The van der Waals surface area contributed by atoms with E-state index in [9.17, 15) is 13.2 Å². The molecule has 2 N–H and O–H groups in total. The highest BCUT2D eigenvalue weighted by Gasteiger charge is 2.43. The van der Waals surface area contributed by atoms with E-state index in [-0.39, 0.29) is 5.56 Å². The molecule has 1 aromatic carbocycles. The Morgan fingerprint density at radius 2 is 1.69 bits per heavy atom. The van der Waals surface area contributed by atoms with Gasteiger partial charge in [-0.2, -0.15) is 0 Å². The number of hydrogen-bond acceptors (Lipinski definition) is 4. The van der Waals surface area contributed by atoms with Gasteiger partial charge in [0.05, 0.1) is 0 Å². The molecule has 1 rings (SSSR count). The number of benzene rings is 1. The summed E-state index contributed by atoms with van der Waals surface area (Å²) in [6.07, 6.45) is 0.964. The van der Waals surface area contributed by atoms with Crippen LogP contribution in [0.2, 0.25) is 0 Å². The van der Waals surface area contributed by atoms with Crippen LogP contribution in [-0.4, -0.2) is 23.0 Å². The molecule has 0 unspecified atom stereocenters. The van der Waals surface area contributed by atoms with Crippen LogP contribution in [0, 0.1) is 0 Å².